The van der Waals surface area contributed by atoms with Crippen molar-refractivity contribution in [3.63, 3.8) is 0 Å². The number of carbonyl (C=O) groups is 1. The monoisotopic (exact) mass is 349 g/mol. The second kappa shape index (κ2) is 5.22. The molecule has 2 rings (SSSR count). The Hall–Kier alpha value is -1.17. The molecule has 0 fully saturated rings. The van der Waals surface area contributed by atoms with Crippen molar-refractivity contribution in [1.82, 2.24) is 0 Å². The summed E-state index contributed by atoms with van der Waals surface area (Å²) in [6, 6.07) is 4.31. The Labute approximate surface area is 121 Å². The Morgan fingerprint density at radius 1 is 1.33 bits per heavy atom. The Bertz CT molecular complexity index is 589. The molecule has 0 saturated heterocycles. The molecule has 4 nitrogen and oxygen atoms in total. The second-order valence-electron chi connectivity index (χ2n) is 3.35. The normalized spacial score (nSPS) is 10.4. The van der Waals surface area contributed by atoms with Crippen molar-refractivity contribution in [3.8, 4) is 5.75 Å². The smallest absolute Gasteiger partial charge is 0.260 e. The Morgan fingerprint density at radius 2 is 1.94 bits per heavy atom. The minimum Gasteiger partial charge on any atom is -0.505 e. The predicted molar refractivity (Wildman–Crippen MR) is 72.5 cm³/mol. The molecule has 0 radical (unpaired) electrons. The van der Waals surface area contributed by atoms with Crippen LogP contribution in [0, 0.1) is 0 Å². The van der Waals surface area contributed by atoms with Crippen molar-refractivity contribution >= 4 is 50.7 Å². The molecule has 0 aliphatic heterocycles. The van der Waals surface area contributed by atoms with E-state index in [4.69, 9.17) is 27.6 Å². The first-order valence-electron chi connectivity index (χ1n) is 4.71. The number of benzene rings is 1. The van der Waals surface area contributed by atoms with Crippen LogP contribution in [-0.2, 0) is 0 Å². The first-order chi connectivity index (χ1) is 8.49. The summed E-state index contributed by atoms with van der Waals surface area (Å²) in [5, 5.41) is 12.1. The van der Waals surface area contributed by atoms with E-state index in [-0.39, 0.29) is 21.7 Å². The number of furan rings is 1. The third-order valence-electron chi connectivity index (χ3n) is 2.14. The summed E-state index contributed by atoms with van der Waals surface area (Å²) in [6.07, 6.45) is 1.38. The summed E-state index contributed by atoms with van der Waals surface area (Å²) in [4.78, 5) is 11.9. The zero-order valence-electron chi connectivity index (χ0n) is 8.71. The van der Waals surface area contributed by atoms with Crippen LogP contribution < -0.4 is 5.32 Å². The van der Waals surface area contributed by atoms with E-state index in [1.54, 1.807) is 0 Å². The number of amides is 1. The highest BCUT2D eigenvalue weighted by Crippen LogP contribution is 2.34. The van der Waals surface area contributed by atoms with Gasteiger partial charge in [-0.15, -0.1) is 0 Å². The lowest BCUT2D eigenvalue weighted by atomic mass is 10.2. The number of aromatic hydroxyl groups is 1. The van der Waals surface area contributed by atoms with E-state index in [2.05, 4.69) is 21.2 Å². The minimum absolute atomic E-state index is 0.0593. The number of carbonyl (C=O) groups excluding carboxylic acids is 1. The molecule has 0 atom stereocenters. The van der Waals surface area contributed by atoms with Gasteiger partial charge in [-0.2, -0.15) is 0 Å². The van der Waals surface area contributed by atoms with E-state index in [1.807, 2.05) is 0 Å². The van der Waals surface area contributed by atoms with Gasteiger partial charge >= 0.3 is 0 Å². The summed E-state index contributed by atoms with van der Waals surface area (Å²) in [5.41, 5.74) is 0.719. The van der Waals surface area contributed by atoms with Gasteiger partial charge < -0.3 is 14.8 Å². The zero-order chi connectivity index (χ0) is 13.3. The molecule has 1 heterocycles. The average Bonchev–Trinajstić information content (AvgIpc) is 2.72. The SMILES string of the molecule is O=C(Nc1cc(Cl)c(O)c(Cl)c1)c1ccoc1Br. The number of anilines is 1. The van der Waals surface area contributed by atoms with Crippen molar-refractivity contribution in [2.75, 3.05) is 5.32 Å². The van der Waals surface area contributed by atoms with Crippen LogP contribution in [0.1, 0.15) is 10.4 Å². The molecule has 0 saturated carbocycles. The van der Waals surface area contributed by atoms with Crippen LogP contribution in [0.25, 0.3) is 0 Å². The Kier molecular flexibility index (Phi) is 3.85. The molecule has 2 aromatic rings. The number of phenolic OH excluding ortho intramolecular Hbond substituents is 1. The van der Waals surface area contributed by atoms with Crippen LogP contribution in [-0.4, -0.2) is 11.0 Å². The number of nitrogens with one attached hydrogen (secondary N) is 1. The Morgan fingerprint density at radius 3 is 2.44 bits per heavy atom. The van der Waals surface area contributed by atoms with Gasteiger partial charge in [0.25, 0.3) is 5.91 Å². The lowest BCUT2D eigenvalue weighted by molar-refractivity contribution is 0.102. The fraction of sp³-hybridized carbons (Fsp3) is 0. The molecule has 1 aromatic heterocycles. The lowest BCUT2D eigenvalue weighted by Crippen LogP contribution is -2.11. The topological polar surface area (TPSA) is 62.5 Å². The molecule has 2 N–H and O–H groups in total. The molecule has 94 valence electrons. The van der Waals surface area contributed by atoms with Crippen molar-refractivity contribution in [3.05, 3.63) is 44.7 Å². The van der Waals surface area contributed by atoms with Crippen LogP contribution >= 0.6 is 39.1 Å². The maximum absolute atomic E-state index is 11.9. The highest BCUT2D eigenvalue weighted by molar-refractivity contribution is 9.10. The lowest BCUT2D eigenvalue weighted by Gasteiger charge is -2.07. The molecule has 0 aliphatic rings. The van der Waals surface area contributed by atoms with Crippen LogP contribution in [0.3, 0.4) is 0 Å². The molecule has 7 heteroatoms. The molecule has 1 amide bonds. The highest BCUT2D eigenvalue weighted by atomic mass is 79.9. The van der Waals surface area contributed by atoms with E-state index in [9.17, 15) is 9.90 Å². The number of hydrogen-bond acceptors (Lipinski definition) is 3. The predicted octanol–water partition coefficient (Wildman–Crippen LogP) is 4.31. The van der Waals surface area contributed by atoms with Gasteiger partial charge in [0.15, 0.2) is 10.4 Å². The summed E-state index contributed by atoms with van der Waals surface area (Å²) in [7, 11) is 0. The third-order valence-corrected chi connectivity index (χ3v) is 3.33. The summed E-state index contributed by atoms with van der Waals surface area (Å²) < 4.78 is 5.28. The number of halogens is 3. The molecule has 0 aliphatic carbocycles. The number of phenols is 1. The first kappa shape index (κ1) is 13.3. The zero-order valence-corrected chi connectivity index (χ0v) is 11.8. The van der Waals surface area contributed by atoms with Crippen LogP contribution in [0.4, 0.5) is 5.69 Å². The van der Waals surface area contributed by atoms with E-state index >= 15 is 0 Å². The van der Waals surface area contributed by atoms with Crippen LogP contribution in [0.15, 0.2) is 33.5 Å². The van der Waals surface area contributed by atoms with E-state index < -0.39 is 0 Å². The molecule has 0 spiro atoms. The molecule has 0 bridgehead atoms. The van der Waals surface area contributed by atoms with Crippen molar-refractivity contribution in [1.29, 1.82) is 0 Å². The highest BCUT2D eigenvalue weighted by Gasteiger charge is 2.14. The standard InChI is InChI=1S/C11H6BrCl2NO3/c12-10-6(1-2-18-10)11(17)15-5-3-7(13)9(16)8(14)4-5/h1-4,16H,(H,15,17). The average molecular weight is 351 g/mol. The fourth-order valence-electron chi connectivity index (χ4n) is 1.29. The van der Waals surface area contributed by atoms with E-state index in [0.29, 0.717) is 15.9 Å². The molecule has 1 aromatic carbocycles. The van der Waals surface area contributed by atoms with Crippen LogP contribution in [0.5, 0.6) is 5.75 Å². The number of rotatable bonds is 2. The van der Waals surface area contributed by atoms with Crippen molar-refractivity contribution in [2.24, 2.45) is 0 Å². The van der Waals surface area contributed by atoms with Crippen molar-refractivity contribution in [2.45, 2.75) is 0 Å². The minimum atomic E-state index is -0.381. The van der Waals surface area contributed by atoms with Crippen molar-refractivity contribution < 1.29 is 14.3 Å². The molecule has 18 heavy (non-hydrogen) atoms. The molecule has 0 unspecified atom stereocenters. The molecular formula is C11H6BrCl2NO3. The van der Waals surface area contributed by atoms with Gasteiger partial charge in [-0.25, -0.2) is 0 Å². The maximum Gasteiger partial charge on any atom is 0.260 e. The summed E-state index contributed by atoms with van der Waals surface area (Å²) in [6.45, 7) is 0. The number of hydrogen-bond donors (Lipinski definition) is 2. The third kappa shape index (κ3) is 2.63. The second-order valence-corrected chi connectivity index (χ2v) is 4.89. The van der Waals surface area contributed by atoms with Gasteiger partial charge in [-0.3, -0.25) is 4.79 Å². The van der Waals surface area contributed by atoms with Gasteiger partial charge in [0, 0.05) is 5.69 Å². The maximum atomic E-state index is 11.9. The fourth-order valence-corrected chi connectivity index (χ4v) is 2.20. The van der Waals surface area contributed by atoms with Gasteiger partial charge in [0.1, 0.15) is 0 Å². The largest absolute Gasteiger partial charge is 0.505 e. The molecular weight excluding hydrogens is 345 g/mol. The summed E-state index contributed by atoms with van der Waals surface area (Å²) in [5.74, 6) is -0.603. The van der Waals surface area contributed by atoms with Gasteiger partial charge in [-0.05, 0) is 34.1 Å². The summed E-state index contributed by atoms with van der Waals surface area (Å²) >= 11 is 14.6. The van der Waals surface area contributed by atoms with Gasteiger partial charge in [-0.1, -0.05) is 23.2 Å². The van der Waals surface area contributed by atoms with E-state index in [0.717, 1.165) is 0 Å². The van der Waals surface area contributed by atoms with Gasteiger partial charge in [0.05, 0.1) is 21.9 Å². The first-order valence-corrected chi connectivity index (χ1v) is 6.26. The quantitative estimate of drug-likeness (QED) is 0.793. The van der Waals surface area contributed by atoms with E-state index in [1.165, 1.54) is 24.5 Å². The Balaban J connectivity index is 2.25. The van der Waals surface area contributed by atoms with Gasteiger partial charge in [0.2, 0.25) is 0 Å². The van der Waals surface area contributed by atoms with Crippen LogP contribution in [0.2, 0.25) is 10.0 Å².